The fourth-order valence-electron chi connectivity index (χ4n) is 4.01. The Morgan fingerprint density at radius 1 is 0.690 bits per heavy atom. The molecule has 0 saturated carbocycles. The predicted molar refractivity (Wildman–Crippen MR) is 124 cm³/mol. The highest BCUT2D eigenvalue weighted by molar-refractivity contribution is 5.69. The highest BCUT2D eigenvalue weighted by Gasteiger charge is 2.24. The molecule has 0 spiro atoms. The van der Waals surface area contributed by atoms with Crippen molar-refractivity contribution in [1.29, 1.82) is 0 Å². The highest BCUT2D eigenvalue weighted by atomic mass is 15.3. The minimum absolute atomic E-state index is 0.278. The molecule has 4 rings (SSSR count). The molecular formula is C26H29N3. The van der Waals surface area contributed by atoms with Crippen LogP contribution in [-0.2, 0) is 0 Å². The standard InChI is InChI=1S/C26H29N3/c27-21-26(29-19-17-28(18-20-29)25-9-5-2-6-10-25)24-15-13-23(14-16-24)12-11-22-7-3-1-4-8-22/h1-16,26H,17-21,27H2/b12-11-/t26-/m0/s1. The summed E-state index contributed by atoms with van der Waals surface area (Å²) in [5.74, 6) is 0. The molecule has 2 N–H and O–H groups in total. The number of rotatable bonds is 6. The number of benzene rings is 3. The van der Waals surface area contributed by atoms with Gasteiger partial charge in [0.05, 0.1) is 0 Å². The van der Waals surface area contributed by atoms with Gasteiger partial charge in [-0.05, 0) is 28.8 Å². The molecule has 0 amide bonds. The Morgan fingerprint density at radius 3 is 1.83 bits per heavy atom. The zero-order chi connectivity index (χ0) is 19.9. The SMILES string of the molecule is NC[C@@H](c1ccc(/C=C\c2ccccc2)cc1)N1CCN(c2ccccc2)CC1. The lowest BCUT2D eigenvalue weighted by Crippen LogP contribution is -2.49. The summed E-state index contributed by atoms with van der Waals surface area (Å²) in [7, 11) is 0. The monoisotopic (exact) mass is 383 g/mol. The molecule has 1 heterocycles. The van der Waals surface area contributed by atoms with Gasteiger partial charge in [0, 0.05) is 44.5 Å². The summed E-state index contributed by atoms with van der Waals surface area (Å²) in [6.07, 6.45) is 4.31. The van der Waals surface area contributed by atoms with E-state index >= 15 is 0 Å². The van der Waals surface area contributed by atoms with E-state index in [9.17, 15) is 0 Å². The molecule has 1 fully saturated rings. The number of nitrogens with two attached hydrogens (primary N) is 1. The molecule has 0 aromatic heterocycles. The van der Waals surface area contributed by atoms with Crippen LogP contribution in [0.3, 0.4) is 0 Å². The lowest BCUT2D eigenvalue weighted by atomic mass is 10.0. The molecule has 1 aliphatic heterocycles. The first kappa shape index (κ1) is 19.4. The second kappa shape index (κ2) is 9.55. The number of hydrogen-bond acceptors (Lipinski definition) is 3. The molecule has 3 aromatic rings. The van der Waals surface area contributed by atoms with Crippen molar-refractivity contribution in [2.75, 3.05) is 37.6 Å². The quantitative estimate of drug-likeness (QED) is 0.628. The molecular weight excluding hydrogens is 354 g/mol. The van der Waals surface area contributed by atoms with E-state index in [1.807, 2.05) is 6.07 Å². The molecule has 0 unspecified atom stereocenters. The van der Waals surface area contributed by atoms with Crippen molar-refractivity contribution in [3.05, 3.63) is 102 Å². The highest BCUT2D eigenvalue weighted by Crippen LogP contribution is 2.24. The summed E-state index contributed by atoms with van der Waals surface area (Å²) in [6, 6.07) is 30.2. The molecule has 0 radical (unpaired) electrons. The van der Waals surface area contributed by atoms with Crippen molar-refractivity contribution in [3.63, 3.8) is 0 Å². The van der Waals surface area contributed by atoms with Gasteiger partial charge < -0.3 is 10.6 Å². The van der Waals surface area contributed by atoms with Gasteiger partial charge in [-0.1, -0.05) is 84.9 Å². The summed E-state index contributed by atoms with van der Waals surface area (Å²) < 4.78 is 0. The topological polar surface area (TPSA) is 32.5 Å². The van der Waals surface area contributed by atoms with E-state index in [2.05, 4.69) is 101 Å². The molecule has 1 atom stereocenters. The molecule has 3 aromatic carbocycles. The van der Waals surface area contributed by atoms with Gasteiger partial charge in [-0.3, -0.25) is 4.90 Å². The van der Waals surface area contributed by atoms with Crippen LogP contribution in [0.15, 0.2) is 84.9 Å². The van der Waals surface area contributed by atoms with Crippen LogP contribution in [0.5, 0.6) is 0 Å². The lowest BCUT2D eigenvalue weighted by molar-refractivity contribution is 0.190. The summed E-state index contributed by atoms with van der Waals surface area (Å²) in [6.45, 7) is 4.79. The Hall–Kier alpha value is -2.88. The van der Waals surface area contributed by atoms with Crippen LogP contribution in [0.25, 0.3) is 12.2 Å². The first-order valence-electron chi connectivity index (χ1n) is 10.4. The van der Waals surface area contributed by atoms with Gasteiger partial charge in [-0.15, -0.1) is 0 Å². The number of piperazine rings is 1. The van der Waals surface area contributed by atoms with Crippen molar-refractivity contribution in [2.24, 2.45) is 5.73 Å². The fourth-order valence-corrected chi connectivity index (χ4v) is 4.01. The number of para-hydroxylation sites is 1. The Kier molecular flexibility index (Phi) is 6.40. The van der Waals surface area contributed by atoms with Crippen molar-refractivity contribution in [2.45, 2.75) is 6.04 Å². The summed E-state index contributed by atoms with van der Waals surface area (Å²) in [5.41, 5.74) is 11.2. The molecule has 1 aliphatic rings. The maximum Gasteiger partial charge on any atom is 0.0471 e. The third-order valence-corrected chi connectivity index (χ3v) is 5.69. The van der Waals surface area contributed by atoms with Crippen LogP contribution in [-0.4, -0.2) is 37.6 Å². The van der Waals surface area contributed by atoms with Gasteiger partial charge in [0.15, 0.2) is 0 Å². The second-order valence-electron chi connectivity index (χ2n) is 7.52. The van der Waals surface area contributed by atoms with Crippen LogP contribution < -0.4 is 10.6 Å². The number of nitrogens with zero attached hydrogens (tertiary/aromatic N) is 2. The third-order valence-electron chi connectivity index (χ3n) is 5.69. The average molecular weight is 384 g/mol. The average Bonchev–Trinajstić information content (AvgIpc) is 2.81. The predicted octanol–water partition coefficient (Wildman–Crippen LogP) is 4.68. The first-order chi connectivity index (χ1) is 14.3. The van der Waals surface area contributed by atoms with Crippen LogP contribution in [0.4, 0.5) is 5.69 Å². The van der Waals surface area contributed by atoms with E-state index < -0.39 is 0 Å². The maximum absolute atomic E-state index is 6.18. The molecule has 3 nitrogen and oxygen atoms in total. The first-order valence-corrected chi connectivity index (χ1v) is 10.4. The van der Waals surface area contributed by atoms with Crippen LogP contribution in [0.1, 0.15) is 22.7 Å². The van der Waals surface area contributed by atoms with E-state index in [1.165, 1.54) is 22.4 Å². The zero-order valence-electron chi connectivity index (χ0n) is 16.8. The van der Waals surface area contributed by atoms with Crippen molar-refractivity contribution >= 4 is 17.8 Å². The van der Waals surface area contributed by atoms with Gasteiger partial charge >= 0.3 is 0 Å². The fraction of sp³-hybridized carbons (Fsp3) is 0.231. The van der Waals surface area contributed by atoms with Crippen LogP contribution >= 0.6 is 0 Å². The Bertz CT molecular complexity index is 896. The second-order valence-corrected chi connectivity index (χ2v) is 7.52. The van der Waals surface area contributed by atoms with E-state index in [0.717, 1.165) is 26.2 Å². The van der Waals surface area contributed by atoms with Crippen molar-refractivity contribution in [3.8, 4) is 0 Å². The molecule has 0 aliphatic carbocycles. The van der Waals surface area contributed by atoms with Gasteiger partial charge in [0.2, 0.25) is 0 Å². The summed E-state index contributed by atoms with van der Waals surface area (Å²) >= 11 is 0. The Balaban J connectivity index is 1.39. The number of anilines is 1. The molecule has 1 saturated heterocycles. The van der Waals surface area contributed by atoms with E-state index in [-0.39, 0.29) is 6.04 Å². The van der Waals surface area contributed by atoms with Gasteiger partial charge in [-0.25, -0.2) is 0 Å². The summed E-state index contributed by atoms with van der Waals surface area (Å²) in [5, 5.41) is 0. The van der Waals surface area contributed by atoms with Crippen molar-refractivity contribution < 1.29 is 0 Å². The van der Waals surface area contributed by atoms with Crippen molar-refractivity contribution in [1.82, 2.24) is 4.90 Å². The van der Waals surface area contributed by atoms with Gasteiger partial charge in [0.25, 0.3) is 0 Å². The minimum Gasteiger partial charge on any atom is -0.369 e. The Morgan fingerprint density at radius 2 is 1.24 bits per heavy atom. The molecule has 29 heavy (non-hydrogen) atoms. The Labute approximate surface area is 174 Å². The largest absolute Gasteiger partial charge is 0.369 e. The lowest BCUT2D eigenvalue weighted by Gasteiger charge is -2.40. The molecule has 0 bridgehead atoms. The van der Waals surface area contributed by atoms with E-state index in [0.29, 0.717) is 6.54 Å². The van der Waals surface area contributed by atoms with Gasteiger partial charge in [-0.2, -0.15) is 0 Å². The minimum atomic E-state index is 0.278. The number of hydrogen-bond donors (Lipinski definition) is 1. The normalized spacial score (nSPS) is 16.2. The third kappa shape index (κ3) is 4.94. The smallest absolute Gasteiger partial charge is 0.0471 e. The zero-order valence-corrected chi connectivity index (χ0v) is 16.8. The van der Waals surface area contributed by atoms with E-state index in [1.54, 1.807) is 0 Å². The van der Waals surface area contributed by atoms with Crippen LogP contribution in [0, 0.1) is 0 Å². The maximum atomic E-state index is 6.18. The molecule has 148 valence electrons. The van der Waals surface area contributed by atoms with Crippen LogP contribution in [0.2, 0.25) is 0 Å². The van der Waals surface area contributed by atoms with E-state index in [4.69, 9.17) is 5.73 Å². The van der Waals surface area contributed by atoms with Gasteiger partial charge in [0.1, 0.15) is 0 Å². The summed E-state index contributed by atoms with van der Waals surface area (Å²) in [4.78, 5) is 4.98. The molecule has 3 heteroatoms.